The second-order valence-corrected chi connectivity index (χ2v) is 7.18. The van der Waals surface area contributed by atoms with Crippen molar-refractivity contribution in [1.82, 2.24) is 10.9 Å². The number of oxime groups is 1. The molecule has 0 aliphatic carbocycles. The van der Waals surface area contributed by atoms with Gasteiger partial charge in [-0.25, -0.2) is 5.43 Å². The zero-order chi connectivity index (χ0) is 22.8. The number of nitrogens with one attached hydrogen (secondary N) is 2. The molecule has 1 aliphatic heterocycles. The Morgan fingerprint density at radius 3 is 2.68 bits per heavy atom. The van der Waals surface area contributed by atoms with Crippen LogP contribution in [0.4, 0.5) is 0 Å². The van der Waals surface area contributed by atoms with Crippen LogP contribution in [0.25, 0.3) is 0 Å². The fourth-order valence-electron chi connectivity index (χ4n) is 2.85. The Hall–Kier alpha value is -3.45. The lowest BCUT2D eigenvalue weighted by Crippen LogP contribution is -2.53. The van der Waals surface area contributed by atoms with E-state index in [-0.39, 0.29) is 13.0 Å². The number of ether oxygens (including phenoxy) is 1. The molecule has 0 aromatic heterocycles. The Morgan fingerprint density at radius 2 is 2.06 bits per heavy atom. The van der Waals surface area contributed by atoms with Gasteiger partial charge < -0.3 is 14.7 Å². The lowest BCUT2D eigenvalue weighted by atomic mass is 10.0. The van der Waals surface area contributed by atoms with E-state index in [9.17, 15) is 19.5 Å². The average Bonchev–Trinajstić information content (AvgIpc) is 3.22. The van der Waals surface area contributed by atoms with E-state index in [1.165, 1.54) is 6.92 Å². The average molecular weight is 430 g/mol. The number of carbonyl (C=O) groups excluding carboxylic acids is 2. The maximum atomic E-state index is 12.2. The second-order valence-electron chi connectivity index (χ2n) is 7.18. The zero-order valence-electron chi connectivity index (χ0n) is 17.5. The van der Waals surface area contributed by atoms with Gasteiger partial charge in [-0.15, -0.1) is 0 Å². The number of aliphatic carboxylic acids is 1. The van der Waals surface area contributed by atoms with Gasteiger partial charge in [0.05, 0.1) is 36.3 Å². The van der Waals surface area contributed by atoms with E-state index in [1.807, 2.05) is 13.0 Å². The number of unbranched alkanes of at least 4 members (excludes halogenated alkanes) is 1. The highest BCUT2D eigenvalue weighted by molar-refractivity contribution is 6.01. The standard InChI is InChI=1S/C21H26N4O6/c1-3-4-9-30-21(29)13(2)19(20(27)28)24-23-18(26)11-16-10-17(25-31-16)15-7-5-14(12-22)6-8-15/h5-8,13,16,19,24H,3-4,9-11H2,1-2H3,(H,23,26)(H,27,28)/t13-,16?,19+/m1/s1. The van der Waals surface area contributed by atoms with E-state index in [2.05, 4.69) is 16.0 Å². The number of nitriles is 1. The first-order chi connectivity index (χ1) is 14.8. The molecule has 3 N–H and O–H groups in total. The van der Waals surface area contributed by atoms with E-state index in [1.54, 1.807) is 24.3 Å². The molecule has 0 bridgehead atoms. The molecule has 0 saturated heterocycles. The van der Waals surface area contributed by atoms with Gasteiger partial charge in [-0.3, -0.25) is 19.8 Å². The molecule has 1 unspecified atom stereocenters. The summed E-state index contributed by atoms with van der Waals surface area (Å²) in [5, 5.41) is 22.2. The summed E-state index contributed by atoms with van der Waals surface area (Å²) in [6.07, 6.45) is 1.36. The summed E-state index contributed by atoms with van der Waals surface area (Å²) in [5.41, 5.74) is 6.69. The first-order valence-corrected chi connectivity index (χ1v) is 10.0. The van der Waals surface area contributed by atoms with Gasteiger partial charge >= 0.3 is 11.9 Å². The number of carboxylic acid groups (broad SMARTS) is 1. The summed E-state index contributed by atoms with van der Waals surface area (Å²) in [7, 11) is 0. The predicted molar refractivity (Wildman–Crippen MR) is 110 cm³/mol. The van der Waals surface area contributed by atoms with Crippen molar-refractivity contribution in [3.05, 3.63) is 35.4 Å². The number of carbonyl (C=O) groups is 3. The molecule has 10 heteroatoms. The number of amides is 1. The molecule has 0 fully saturated rings. The third kappa shape index (κ3) is 7.08. The van der Waals surface area contributed by atoms with Crippen molar-refractivity contribution in [2.24, 2.45) is 11.1 Å². The molecule has 3 atom stereocenters. The molecule has 10 nitrogen and oxygen atoms in total. The Bertz CT molecular complexity index is 862. The minimum absolute atomic E-state index is 0.0576. The van der Waals surface area contributed by atoms with Gasteiger partial charge in [0, 0.05) is 6.42 Å². The van der Waals surface area contributed by atoms with Gasteiger partial charge in [0.15, 0.2) is 0 Å². The van der Waals surface area contributed by atoms with Crippen molar-refractivity contribution in [2.45, 2.75) is 51.7 Å². The van der Waals surface area contributed by atoms with Crippen LogP contribution in [0.15, 0.2) is 29.4 Å². The van der Waals surface area contributed by atoms with E-state index in [0.717, 1.165) is 12.0 Å². The fourth-order valence-corrected chi connectivity index (χ4v) is 2.85. The van der Waals surface area contributed by atoms with Crippen LogP contribution in [0.1, 0.15) is 50.7 Å². The topological polar surface area (TPSA) is 150 Å². The summed E-state index contributed by atoms with van der Waals surface area (Å²) in [6.45, 7) is 3.59. The fraction of sp³-hybridized carbons (Fsp3) is 0.476. The summed E-state index contributed by atoms with van der Waals surface area (Å²) in [4.78, 5) is 41.0. The molecule has 1 amide bonds. The maximum absolute atomic E-state index is 12.2. The molecule has 2 rings (SSSR count). The smallest absolute Gasteiger partial charge is 0.323 e. The van der Waals surface area contributed by atoms with Crippen molar-refractivity contribution < 1.29 is 29.1 Å². The first-order valence-electron chi connectivity index (χ1n) is 10.0. The SMILES string of the molecule is CCCCOC(=O)[C@H](C)[C@H](NNC(=O)CC1CC(c2ccc(C#N)cc2)=NO1)C(=O)O. The first kappa shape index (κ1) is 23.8. The third-order valence-corrected chi connectivity index (χ3v) is 4.74. The quantitative estimate of drug-likeness (QED) is 0.271. The van der Waals surface area contributed by atoms with Gasteiger partial charge in [0.25, 0.3) is 0 Å². The van der Waals surface area contributed by atoms with Crippen LogP contribution in [0.5, 0.6) is 0 Å². The number of nitrogens with zero attached hydrogens (tertiary/aromatic N) is 2. The minimum atomic E-state index is -1.34. The van der Waals surface area contributed by atoms with Gasteiger partial charge in [-0.2, -0.15) is 5.26 Å². The summed E-state index contributed by atoms with van der Waals surface area (Å²) >= 11 is 0. The molecule has 31 heavy (non-hydrogen) atoms. The van der Waals surface area contributed by atoms with E-state index < -0.39 is 35.9 Å². The predicted octanol–water partition coefficient (Wildman–Crippen LogP) is 1.49. The number of hydrazine groups is 1. The Labute approximate surface area is 180 Å². The molecule has 1 aromatic carbocycles. The number of carboxylic acids is 1. The number of esters is 1. The van der Waals surface area contributed by atoms with Crippen LogP contribution >= 0.6 is 0 Å². The lowest BCUT2D eigenvalue weighted by molar-refractivity contribution is -0.155. The molecule has 0 radical (unpaired) electrons. The van der Waals surface area contributed by atoms with Gasteiger partial charge in [-0.1, -0.05) is 30.6 Å². The van der Waals surface area contributed by atoms with E-state index >= 15 is 0 Å². The lowest BCUT2D eigenvalue weighted by Gasteiger charge is -2.21. The van der Waals surface area contributed by atoms with E-state index in [4.69, 9.17) is 14.8 Å². The normalized spacial score (nSPS) is 16.9. The summed E-state index contributed by atoms with van der Waals surface area (Å²) < 4.78 is 5.05. The van der Waals surface area contributed by atoms with Crippen LogP contribution in [-0.2, 0) is 24.0 Å². The molecule has 1 heterocycles. The number of benzene rings is 1. The highest BCUT2D eigenvalue weighted by atomic mass is 16.6. The molecule has 1 aromatic rings. The molecular weight excluding hydrogens is 404 g/mol. The van der Waals surface area contributed by atoms with Crippen LogP contribution in [0.3, 0.4) is 0 Å². The highest BCUT2D eigenvalue weighted by Gasteiger charge is 2.32. The van der Waals surface area contributed by atoms with Crippen LogP contribution in [0.2, 0.25) is 0 Å². The van der Waals surface area contributed by atoms with Crippen molar-refractivity contribution >= 4 is 23.6 Å². The Balaban J connectivity index is 1.81. The number of hydrogen-bond acceptors (Lipinski definition) is 8. The van der Waals surface area contributed by atoms with Crippen molar-refractivity contribution in [1.29, 1.82) is 5.26 Å². The van der Waals surface area contributed by atoms with Crippen LogP contribution < -0.4 is 10.9 Å². The van der Waals surface area contributed by atoms with Gasteiger partial charge in [0.1, 0.15) is 12.1 Å². The molecule has 0 spiro atoms. The van der Waals surface area contributed by atoms with Gasteiger partial charge in [0.2, 0.25) is 5.91 Å². The number of rotatable bonds is 11. The Morgan fingerprint density at radius 1 is 1.35 bits per heavy atom. The highest BCUT2D eigenvalue weighted by Crippen LogP contribution is 2.19. The second kappa shape index (κ2) is 11.7. The summed E-state index contributed by atoms with van der Waals surface area (Å²) in [5.74, 6) is -3.44. The van der Waals surface area contributed by atoms with Crippen molar-refractivity contribution in [3.63, 3.8) is 0 Å². The monoisotopic (exact) mass is 430 g/mol. The van der Waals surface area contributed by atoms with E-state index in [0.29, 0.717) is 24.1 Å². The van der Waals surface area contributed by atoms with Gasteiger partial charge in [-0.05, 0) is 31.0 Å². The molecule has 1 aliphatic rings. The van der Waals surface area contributed by atoms with Crippen LogP contribution in [-0.4, -0.2) is 47.4 Å². The maximum Gasteiger partial charge on any atom is 0.323 e. The minimum Gasteiger partial charge on any atom is -0.480 e. The van der Waals surface area contributed by atoms with Crippen LogP contribution in [0, 0.1) is 17.2 Å². The number of hydrogen-bond donors (Lipinski definition) is 3. The zero-order valence-corrected chi connectivity index (χ0v) is 17.5. The summed E-state index contributed by atoms with van der Waals surface area (Å²) in [6, 6.07) is 7.54. The third-order valence-electron chi connectivity index (χ3n) is 4.74. The van der Waals surface area contributed by atoms with Crippen molar-refractivity contribution in [2.75, 3.05) is 6.61 Å². The molecule has 166 valence electrons. The van der Waals surface area contributed by atoms with Crippen molar-refractivity contribution in [3.8, 4) is 6.07 Å². The molecule has 0 saturated carbocycles. The Kier molecular flexibility index (Phi) is 8.96. The largest absolute Gasteiger partial charge is 0.480 e. The molecular formula is C21H26N4O6.